The van der Waals surface area contributed by atoms with E-state index in [0.29, 0.717) is 17.6 Å². The predicted molar refractivity (Wildman–Crippen MR) is 81.1 cm³/mol. The Morgan fingerprint density at radius 1 is 1.39 bits per heavy atom. The van der Waals surface area contributed by atoms with E-state index in [9.17, 15) is 8.42 Å². The molecule has 0 N–H and O–H groups in total. The van der Waals surface area contributed by atoms with Crippen molar-refractivity contribution in [2.45, 2.75) is 18.2 Å². The lowest BCUT2D eigenvalue weighted by atomic mass is 10.4. The van der Waals surface area contributed by atoms with Gasteiger partial charge in [-0.15, -0.1) is 6.58 Å². The molecule has 1 aromatic rings. The van der Waals surface area contributed by atoms with Gasteiger partial charge >= 0.3 is 0 Å². The minimum absolute atomic E-state index is 0.271. The Bertz CT molecular complexity index is 529. The Morgan fingerprint density at radius 2 is 2.06 bits per heavy atom. The minimum Gasteiger partial charge on any atom is -0.207 e. The van der Waals surface area contributed by atoms with Crippen LogP contribution in [0.5, 0.6) is 0 Å². The summed E-state index contributed by atoms with van der Waals surface area (Å²) >= 11 is 6.58. The number of rotatable bonds is 6. The summed E-state index contributed by atoms with van der Waals surface area (Å²) in [5, 5.41) is 0. The second kappa shape index (κ2) is 6.84. The molecule has 6 heteroatoms. The van der Waals surface area contributed by atoms with Crippen LogP contribution in [-0.2, 0) is 10.0 Å². The van der Waals surface area contributed by atoms with Crippen LogP contribution in [0.3, 0.4) is 0 Å². The highest BCUT2D eigenvalue weighted by Crippen LogP contribution is 2.28. The molecule has 0 fully saturated rings. The van der Waals surface area contributed by atoms with Crippen LogP contribution in [0.15, 0.2) is 44.7 Å². The SMILES string of the molecule is C=CCN(CCC)S(=O)(=O)c1cc(Br)ccc1Br. The molecule has 0 aliphatic carbocycles. The molecule has 0 unspecified atom stereocenters. The van der Waals surface area contributed by atoms with Crippen LogP contribution in [-0.4, -0.2) is 25.8 Å². The first-order chi connectivity index (χ1) is 8.43. The number of nitrogens with zero attached hydrogens (tertiary/aromatic N) is 1. The minimum atomic E-state index is -3.49. The molecule has 0 radical (unpaired) electrons. The van der Waals surface area contributed by atoms with Crippen molar-refractivity contribution >= 4 is 41.9 Å². The average Bonchev–Trinajstić information content (AvgIpc) is 2.32. The van der Waals surface area contributed by atoms with Crippen LogP contribution in [0.1, 0.15) is 13.3 Å². The van der Waals surface area contributed by atoms with Gasteiger partial charge in [0.15, 0.2) is 0 Å². The standard InChI is InChI=1S/C12H15Br2NO2S/c1-3-7-15(8-4-2)18(16,17)12-9-10(13)5-6-11(12)14/h3,5-6,9H,1,4,7-8H2,2H3. The molecular formula is C12H15Br2NO2S. The summed E-state index contributed by atoms with van der Waals surface area (Å²) < 4.78 is 27.7. The fourth-order valence-corrected chi connectivity index (χ4v) is 4.48. The van der Waals surface area contributed by atoms with E-state index in [0.717, 1.165) is 10.9 Å². The van der Waals surface area contributed by atoms with Crippen LogP contribution in [0.4, 0.5) is 0 Å². The smallest absolute Gasteiger partial charge is 0.207 e. The van der Waals surface area contributed by atoms with E-state index >= 15 is 0 Å². The zero-order chi connectivity index (χ0) is 13.8. The van der Waals surface area contributed by atoms with Gasteiger partial charge < -0.3 is 0 Å². The number of halogens is 2. The highest BCUT2D eigenvalue weighted by atomic mass is 79.9. The first-order valence-electron chi connectivity index (χ1n) is 5.49. The predicted octanol–water partition coefficient (Wildman–Crippen LogP) is 3.80. The molecule has 0 amide bonds. The molecule has 18 heavy (non-hydrogen) atoms. The van der Waals surface area contributed by atoms with Gasteiger partial charge in [-0.05, 0) is 40.5 Å². The van der Waals surface area contributed by atoms with Gasteiger partial charge in [-0.25, -0.2) is 8.42 Å². The van der Waals surface area contributed by atoms with Crippen molar-refractivity contribution in [2.75, 3.05) is 13.1 Å². The van der Waals surface area contributed by atoms with Crippen LogP contribution in [0, 0.1) is 0 Å². The van der Waals surface area contributed by atoms with E-state index in [1.165, 1.54) is 4.31 Å². The summed E-state index contributed by atoms with van der Waals surface area (Å²) in [6.07, 6.45) is 2.36. The zero-order valence-corrected chi connectivity index (χ0v) is 14.1. The van der Waals surface area contributed by atoms with E-state index in [1.807, 2.05) is 6.92 Å². The first-order valence-corrected chi connectivity index (χ1v) is 8.52. The quantitative estimate of drug-likeness (QED) is 0.685. The van der Waals surface area contributed by atoms with Crippen molar-refractivity contribution in [1.82, 2.24) is 4.31 Å². The Labute approximate surface area is 125 Å². The van der Waals surface area contributed by atoms with Gasteiger partial charge in [0.25, 0.3) is 0 Å². The van der Waals surface area contributed by atoms with Gasteiger partial charge in [-0.3, -0.25) is 0 Å². The largest absolute Gasteiger partial charge is 0.244 e. The van der Waals surface area contributed by atoms with E-state index in [-0.39, 0.29) is 4.90 Å². The maximum atomic E-state index is 12.5. The molecule has 1 aromatic carbocycles. The van der Waals surface area contributed by atoms with Gasteiger partial charge in [0.05, 0.1) is 4.90 Å². The average molecular weight is 397 g/mol. The van der Waals surface area contributed by atoms with Crippen molar-refractivity contribution in [1.29, 1.82) is 0 Å². The summed E-state index contributed by atoms with van der Waals surface area (Å²) in [7, 11) is -3.49. The van der Waals surface area contributed by atoms with Crippen molar-refractivity contribution in [3.8, 4) is 0 Å². The Hall–Kier alpha value is -0.170. The first kappa shape index (κ1) is 15.9. The lowest BCUT2D eigenvalue weighted by Crippen LogP contribution is -2.32. The lowest BCUT2D eigenvalue weighted by molar-refractivity contribution is 0.441. The summed E-state index contributed by atoms with van der Waals surface area (Å²) in [6, 6.07) is 5.11. The van der Waals surface area contributed by atoms with Gasteiger partial charge in [-0.1, -0.05) is 28.9 Å². The van der Waals surface area contributed by atoms with E-state index < -0.39 is 10.0 Å². The summed E-state index contributed by atoms with van der Waals surface area (Å²) in [5.74, 6) is 0. The molecule has 0 atom stereocenters. The van der Waals surface area contributed by atoms with Gasteiger partial charge in [-0.2, -0.15) is 4.31 Å². The summed E-state index contributed by atoms with van der Waals surface area (Å²) in [4.78, 5) is 0.271. The maximum Gasteiger partial charge on any atom is 0.244 e. The van der Waals surface area contributed by atoms with Crippen LogP contribution in [0.25, 0.3) is 0 Å². The van der Waals surface area contributed by atoms with Gasteiger partial charge in [0, 0.05) is 22.0 Å². The third-order valence-electron chi connectivity index (χ3n) is 2.32. The van der Waals surface area contributed by atoms with Crippen molar-refractivity contribution in [3.63, 3.8) is 0 Å². The summed E-state index contributed by atoms with van der Waals surface area (Å²) in [5.41, 5.74) is 0. The Kier molecular flexibility index (Phi) is 6.04. The molecule has 0 heterocycles. The third-order valence-corrected chi connectivity index (χ3v) is 5.67. The number of benzene rings is 1. The molecule has 0 aliphatic rings. The fourth-order valence-electron chi connectivity index (χ4n) is 1.52. The lowest BCUT2D eigenvalue weighted by Gasteiger charge is -2.20. The molecule has 100 valence electrons. The van der Waals surface area contributed by atoms with Crippen molar-refractivity contribution in [3.05, 3.63) is 39.8 Å². The Balaban J connectivity index is 3.25. The zero-order valence-electron chi connectivity index (χ0n) is 10.1. The number of hydrogen-bond donors (Lipinski definition) is 0. The van der Waals surface area contributed by atoms with E-state index in [1.54, 1.807) is 24.3 Å². The molecule has 1 rings (SSSR count). The van der Waals surface area contributed by atoms with E-state index in [2.05, 4.69) is 38.4 Å². The van der Waals surface area contributed by atoms with Crippen molar-refractivity contribution in [2.24, 2.45) is 0 Å². The fraction of sp³-hybridized carbons (Fsp3) is 0.333. The second-order valence-electron chi connectivity index (χ2n) is 3.73. The highest BCUT2D eigenvalue weighted by Gasteiger charge is 2.25. The van der Waals surface area contributed by atoms with Crippen LogP contribution < -0.4 is 0 Å². The highest BCUT2D eigenvalue weighted by molar-refractivity contribution is 9.11. The molecule has 3 nitrogen and oxygen atoms in total. The van der Waals surface area contributed by atoms with Crippen molar-refractivity contribution < 1.29 is 8.42 Å². The van der Waals surface area contributed by atoms with Gasteiger partial charge in [0.1, 0.15) is 0 Å². The second-order valence-corrected chi connectivity index (χ2v) is 7.40. The Morgan fingerprint density at radius 3 is 2.61 bits per heavy atom. The van der Waals surface area contributed by atoms with Crippen LogP contribution >= 0.6 is 31.9 Å². The molecule has 0 bridgehead atoms. The van der Waals surface area contributed by atoms with Crippen LogP contribution in [0.2, 0.25) is 0 Å². The molecule has 0 aliphatic heterocycles. The number of sulfonamides is 1. The van der Waals surface area contributed by atoms with Gasteiger partial charge in [0.2, 0.25) is 10.0 Å². The molecule has 0 spiro atoms. The number of hydrogen-bond acceptors (Lipinski definition) is 2. The van der Waals surface area contributed by atoms with E-state index in [4.69, 9.17) is 0 Å². The summed E-state index contributed by atoms with van der Waals surface area (Å²) in [6.45, 7) is 6.34. The normalized spacial score (nSPS) is 11.8. The molecular weight excluding hydrogens is 382 g/mol. The molecule has 0 saturated carbocycles. The third kappa shape index (κ3) is 3.66. The topological polar surface area (TPSA) is 37.4 Å². The molecule has 0 aromatic heterocycles. The monoisotopic (exact) mass is 395 g/mol. The maximum absolute atomic E-state index is 12.5. The molecule has 0 saturated heterocycles.